The lowest BCUT2D eigenvalue weighted by molar-refractivity contribution is -0.109. The smallest absolute Gasteiger partial charge is 0.349 e. The van der Waals surface area contributed by atoms with Gasteiger partial charge in [-0.05, 0) is 70.2 Å². The van der Waals surface area contributed by atoms with E-state index in [1.807, 2.05) is 24.3 Å². The predicted molar refractivity (Wildman–Crippen MR) is 153 cm³/mol. The van der Waals surface area contributed by atoms with Gasteiger partial charge in [-0.3, -0.25) is 4.79 Å². The predicted octanol–water partition coefficient (Wildman–Crippen LogP) is 6.17. The maximum absolute atomic E-state index is 13.0. The van der Waals surface area contributed by atoms with Crippen LogP contribution in [0.5, 0.6) is 5.75 Å². The average Bonchev–Trinajstić information content (AvgIpc) is 3.18. The van der Waals surface area contributed by atoms with E-state index in [-0.39, 0.29) is 29.0 Å². The minimum atomic E-state index is -3.53. The molecule has 1 aliphatic heterocycles. The summed E-state index contributed by atoms with van der Waals surface area (Å²) in [5.74, 6) is -1.19. The largest absolute Gasteiger partial charge is 0.483 e. The fraction of sp³-hybridized carbons (Fsp3) is 0.280. The number of carboxylic acid groups (broad SMARTS) is 1. The number of rotatable bonds is 10. The molecule has 8 nitrogen and oxygen atoms in total. The average molecular weight is 662 g/mol. The lowest BCUT2D eigenvalue weighted by atomic mass is 10.1. The quantitative estimate of drug-likeness (QED) is 0.250. The van der Waals surface area contributed by atoms with E-state index in [0.29, 0.717) is 57.2 Å². The van der Waals surface area contributed by atoms with Gasteiger partial charge in [0.1, 0.15) is 6.61 Å². The summed E-state index contributed by atoms with van der Waals surface area (Å²) in [6, 6.07) is 12.3. The molecule has 1 aliphatic rings. The van der Waals surface area contributed by atoms with Crippen LogP contribution < -0.4 is 10.1 Å². The molecule has 4 rings (SSSR count). The van der Waals surface area contributed by atoms with Crippen molar-refractivity contribution < 1.29 is 27.9 Å². The molecule has 1 aromatic heterocycles. The molecule has 1 saturated heterocycles. The van der Waals surface area contributed by atoms with E-state index in [0.717, 1.165) is 22.6 Å². The Morgan fingerprint density at radius 1 is 1.18 bits per heavy atom. The van der Waals surface area contributed by atoms with E-state index >= 15 is 0 Å². The van der Waals surface area contributed by atoms with Crippen LogP contribution in [0.15, 0.2) is 46.9 Å². The zero-order valence-electron chi connectivity index (χ0n) is 19.8. The Hall–Kier alpha value is -2.15. The molecule has 0 bridgehead atoms. The second-order valence-electron chi connectivity index (χ2n) is 8.62. The zero-order chi connectivity index (χ0) is 27.4. The molecule has 0 unspecified atom stereocenters. The van der Waals surface area contributed by atoms with Crippen LogP contribution in [-0.2, 0) is 20.6 Å². The van der Waals surface area contributed by atoms with Gasteiger partial charge in [-0.1, -0.05) is 35.3 Å². The topological polar surface area (TPSA) is 113 Å². The van der Waals surface area contributed by atoms with E-state index in [1.54, 1.807) is 18.2 Å². The highest BCUT2D eigenvalue weighted by atomic mass is 79.9. The summed E-state index contributed by atoms with van der Waals surface area (Å²) in [6.45, 7) is 0.506. The van der Waals surface area contributed by atoms with Gasteiger partial charge in [0, 0.05) is 34.9 Å². The third-order valence-electron chi connectivity index (χ3n) is 5.91. The molecule has 0 aliphatic carbocycles. The Labute approximate surface area is 242 Å². The van der Waals surface area contributed by atoms with Gasteiger partial charge < -0.3 is 15.2 Å². The van der Waals surface area contributed by atoms with Crippen molar-refractivity contribution in [1.82, 2.24) is 4.31 Å². The number of carboxylic acids is 1. The van der Waals surface area contributed by atoms with Crippen LogP contribution in [0.2, 0.25) is 10.0 Å². The Kier molecular flexibility index (Phi) is 9.38. The lowest BCUT2D eigenvalue weighted by Gasteiger charge is -2.32. The van der Waals surface area contributed by atoms with E-state index in [2.05, 4.69) is 21.2 Å². The van der Waals surface area contributed by atoms with Crippen LogP contribution in [0.1, 0.15) is 28.1 Å². The first-order valence-corrected chi connectivity index (χ1v) is 15.5. The SMILES string of the molecule is O=CCOc1c(C(=O)O)sc(-c2cccc(NC3CCN(S(=O)(=O)Cc4cc(Cl)cc(Cl)c4)CC3)c2)c1Br. The first-order chi connectivity index (χ1) is 18.1. The van der Waals surface area contributed by atoms with Gasteiger partial charge in [-0.2, -0.15) is 0 Å². The van der Waals surface area contributed by atoms with Gasteiger partial charge in [0.15, 0.2) is 16.9 Å². The normalized spacial score (nSPS) is 14.8. The number of ether oxygens (including phenoxy) is 1. The Bertz CT molecular complexity index is 1440. The number of halogens is 3. The molecule has 0 spiro atoms. The number of nitrogens with one attached hydrogen (secondary N) is 1. The number of benzene rings is 2. The third kappa shape index (κ3) is 6.88. The van der Waals surface area contributed by atoms with Crippen LogP contribution in [0.3, 0.4) is 0 Å². The zero-order valence-corrected chi connectivity index (χ0v) is 24.6. The molecular weight excluding hydrogens is 639 g/mol. The molecule has 13 heteroatoms. The van der Waals surface area contributed by atoms with Crippen molar-refractivity contribution in [2.75, 3.05) is 25.0 Å². The molecule has 3 aromatic rings. The van der Waals surface area contributed by atoms with Gasteiger partial charge in [0.2, 0.25) is 10.0 Å². The second-order valence-corrected chi connectivity index (χ2v) is 13.3. The van der Waals surface area contributed by atoms with Crippen LogP contribution in [-0.4, -0.2) is 55.8 Å². The van der Waals surface area contributed by atoms with Gasteiger partial charge in [-0.15, -0.1) is 11.3 Å². The summed E-state index contributed by atoms with van der Waals surface area (Å²) in [6.07, 6.45) is 1.80. The number of sulfonamides is 1. The highest BCUT2D eigenvalue weighted by Gasteiger charge is 2.29. The molecule has 202 valence electrons. The first kappa shape index (κ1) is 28.8. The number of nitrogens with zero attached hydrogens (tertiary/aromatic N) is 1. The van der Waals surface area contributed by atoms with Gasteiger partial charge in [-0.25, -0.2) is 17.5 Å². The molecule has 0 saturated carbocycles. The molecule has 2 N–H and O–H groups in total. The van der Waals surface area contributed by atoms with Gasteiger partial charge in [0.25, 0.3) is 0 Å². The minimum Gasteiger partial charge on any atom is -0.483 e. The molecular formula is C25H23BrCl2N2O6S2. The lowest BCUT2D eigenvalue weighted by Crippen LogP contribution is -2.42. The van der Waals surface area contributed by atoms with Crippen LogP contribution in [0, 0.1) is 0 Å². The summed E-state index contributed by atoms with van der Waals surface area (Å²) >= 11 is 16.5. The monoisotopic (exact) mass is 660 g/mol. The highest BCUT2D eigenvalue weighted by molar-refractivity contribution is 9.10. The molecule has 0 atom stereocenters. The number of carbonyl (C=O) groups excluding carboxylic acids is 1. The highest BCUT2D eigenvalue weighted by Crippen LogP contribution is 2.46. The van der Waals surface area contributed by atoms with E-state index < -0.39 is 16.0 Å². The first-order valence-electron chi connectivity index (χ1n) is 11.5. The number of aromatic carboxylic acids is 1. The molecule has 2 heterocycles. The molecule has 1 fully saturated rings. The fourth-order valence-corrected chi connectivity index (χ4v) is 8.23. The number of anilines is 1. The van der Waals surface area contributed by atoms with E-state index in [9.17, 15) is 23.1 Å². The number of piperidine rings is 1. The van der Waals surface area contributed by atoms with Crippen LogP contribution in [0.4, 0.5) is 5.69 Å². The third-order valence-corrected chi connectivity index (χ3v) is 10.4. The molecule has 38 heavy (non-hydrogen) atoms. The Morgan fingerprint density at radius 3 is 2.50 bits per heavy atom. The summed E-state index contributed by atoms with van der Waals surface area (Å²) in [7, 11) is -3.53. The van der Waals surface area contributed by atoms with Crippen molar-refractivity contribution in [3.05, 3.63) is 67.4 Å². The molecule has 2 aromatic carbocycles. The summed E-state index contributed by atoms with van der Waals surface area (Å²) < 4.78 is 33.2. The Morgan fingerprint density at radius 2 is 1.87 bits per heavy atom. The Balaban J connectivity index is 1.42. The van der Waals surface area contributed by atoms with Crippen molar-refractivity contribution in [2.45, 2.75) is 24.6 Å². The summed E-state index contributed by atoms with van der Waals surface area (Å²) in [4.78, 5) is 23.1. The van der Waals surface area contributed by atoms with E-state index in [1.165, 1.54) is 4.31 Å². The number of hydrogen-bond donors (Lipinski definition) is 2. The van der Waals surface area contributed by atoms with E-state index in [4.69, 9.17) is 27.9 Å². The van der Waals surface area contributed by atoms with Crippen molar-refractivity contribution >= 4 is 78.4 Å². The van der Waals surface area contributed by atoms with Crippen molar-refractivity contribution in [3.63, 3.8) is 0 Å². The standard InChI is InChI=1S/C25H23BrCl2N2O6S2/c26-21-22(36-9-8-31)24(25(32)33)37-23(21)16-2-1-3-20(12-16)29-19-4-6-30(7-5-19)38(34,35)14-15-10-17(27)13-18(28)11-15/h1-3,8,10-13,19,29H,4-7,9,14H2,(H,32,33). The number of hydrogen-bond acceptors (Lipinski definition) is 7. The van der Waals surface area contributed by atoms with Crippen LogP contribution >= 0.6 is 50.5 Å². The number of aldehydes is 1. The minimum absolute atomic E-state index is 0.000661. The van der Waals surface area contributed by atoms with Crippen molar-refractivity contribution in [3.8, 4) is 16.2 Å². The van der Waals surface area contributed by atoms with Crippen molar-refractivity contribution in [2.24, 2.45) is 0 Å². The summed E-state index contributed by atoms with van der Waals surface area (Å²) in [5, 5.41) is 13.8. The van der Waals surface area contributed by atoms with Crippen molar-refractivity contribution in [1.29, 1.82) is 0 Å². The fourth-order valence-electron chi connectivity index (χ4n) is 4.23. The van der Waals surface area contributed by atoms with Gasteiger partial charge >= 0.3 is 5.97 Å². The number of thiophene rings is 1. The molecule has 0 amide bonds. The number of carbonyl (C=O) groups is 2. The maximum atomic E-state index is 13.0. The second kappa shape index (κ2) is 12.4. The van der Waals surface area contributed by atoms with Gasteiger partial charge in [0.05, 0.1) is 15.1 Å². The van der Waals surface area contributed by atoms with Crippen LogP contribution in [0.25, 0.3) is 10.4 Å². The molecule has 0 radical (unpaired) electrons. The maximum Gasteiger partial charge on any atom is 0.349 e. The summed E-state index contributed by atoms with van der Waals surface area (Å²) in [5.41, 5.74) is 2.14.